The van der Waals surface area contributed by atoms with Gasteiger partial charge in [0, 0.05) is 26.3 Å². The summed E-state index contributed by atoms with van der Waals surface area (Å²) in [6.45, 7) is 8.26. The third-order valence-corrected chi connectivity index (χ3v) is 1.99. The zero-order chi connectivity index (χ0) is 8.27. The maximum Gasteiger partial charge on any atom is 0.100 e. The fraction of sp³-hybridized carbons (Fsp3) is 0.556. The van der Waals surface area contributed by atoms with Crippen LogP contribution in [-0.2, 0) is 0 Å². The largest absolute Gasteiger partial charge is 0.362 e. The van der Waals surface area contributed by atoms with Crippen molar-refractivity contribution in [1.29, 1.82) is 0 Å². The summed E-state index contributed by atoms with van der Waals surface area (Å²) in [6.07, 6.45) is 5.35. The second-order valence-electron chi connectivity index (χ2n) is 2.87. The summed E-state index contributed by atoms with van der Waals surface area (Å²) in [5, 5.41) is 0. The molecule has 0 spiro atoms. The molecule has 62 valence electrons. The van der Waals surface area contributed by atoms with Crippen LogP contribution in [0.5, 0.6) is 0 Å². The van der Waals surface area contributed by atoms with Crippen LogP contribution in [0.15, 0.2) is 24.7 Å². The van der Waals surface area contributed by atoms with Crippen LogP contribution in [0.4, 0.5) is 0 Å². The predicted octanol–water partition coefficient (Wildman–Crippen LogP) is 1.63. The lowest BCUT2D eigenvalue weighted by Crippen LogP contribution is -2.36. The van der Waals surface area contributed by atoms with E-state index in [-0.39, 0.29) is 0 Å². The number of hydrogen-bond acceptors (Lipinski definition) is 2. The highest BCUT2D eigenvalue weighted by Gasteiger charge is 2.13. The molecule has 1 saturated heterocycles. The Morgan fingerprint density at radius 1 is 1.45 bits per heavy atom. The minimum atomic E-state index is 1.10. The van der Waals surface area contributed by atoms with Crippen molar-refractivity contribution in [3.8, 4) is 0 Å². The van der Waals surface area contributed by atoms with Gasteiger partial charge in [0.05, 0.1) is 0 Å². The Balaban J connectivity index is 2.58. The molecule has 1 rings (SSSR count). The van der Waals surface area contributed by atoms with E-state index in [1.165, 1.54) is 6.42 Å². The van der Waals surface area contributed by atoms with Crippen molar-refractivity contribution in [1.82, 2.24) is 9.80 Å². The maximum absolute atomic E-state index is 4.00. The van der Waals surface area contributed by atoms with E-state index in [0.29, 0.717) is 0 Å². The van der Waals surface area contributed by atoms with Crippen LogP contribution in [0, 0.1) is 0 Å². The molecule has 0 unspecified atom stereocenters. The average Bonchev–Trinajstić information content (AvgIpc) is 1.99. The summed E-state index contributed by atoms with van der Waals surface area (Å²) in [4.78, 5) is 4.37. The van der Waals surface area contributed by atoms with Crippen molar-refractivity contribution in [2.45, 2.75) is 13.3 Å². The highest BCUT2D eigenvalue weighted by Crippen LogP contribution is 2.13. The van der Waals surface area contributed by atoms with Crippen molar-refractivity contribution < 1.29 is 0 Å². The molecule has 0 bridgehead atoms. The van der Waals surface area contributed by atoms with Gasteiger partial charge in [-0.05, 0) is 13.3 Å². The molecule has 1 fully saturated rings. The number of nitrogens with zero attached hydrogens (tertiary/aromatic N) is 2. The van der Waals surface area contributed by atoms with E-state index in [1.54, 1.807) is 0 Å². The van der Waals surface area contributed by atoms with Crippen LogP contribution < -0.4 is 0 Å². The van der Waals surface area contributed by atoms with Gasteiger partial charge in [-0.3, -0.25) is 0 Å². The Kier molecular flexibility index (Phi) is 2.58. The van der Waals surface area contributed by atoms with Gasteiger partial charge in [0.2, 0.25) is 0 Å². The highest BCUT2D eigenvalue weighted by molar-refractivity contribution is 5.01. The zero-order valence-corrected chi connectivity index (χ0v) is 7.38. The first kappa shape index (κ1) is 8.18. The van der Waals surface area contributed by atoms with Crippen molar-refractivity contribution in [3.63, 3.8) is 0 Å². The molecule has 0 saturated carbocycles. The minimum Gasteiger partial charge on any atom is -0.362 e. The molecule has 0 aromatic carbocycles. The summed E-state index contributed by atoms with van der Waals surface area (Å²) in [6, 6.07) is 0. The van der Waals surface area contributed by atoms with Crippen molar-refractivity contribution in [3.05, 3.63) is 24.7 Å². The molecule has 2 heteroatoms. The Labute approximate surface area is 68.8 Å². The molecule has 0 aromatic rings. The van der Waals surface area contributed by atoms with Gasteiger partial charge >= 0.3 is 0 Å². The second-order valence-corrected chi connectivity index (χ2v) is 2.87. The van der Waals surface area contributed by atoms with Crippen LogP contribution in [0.1, 0.15) is 13.3 Å². The van der Waals surface area contributed by atoms with E-state index in [4.69, 9.17) is 0 Å². The molecule has 2 nitrogen and oxygen atoms in total. The van der Waals surface area contributed by atoms with Crippen LogP contribution in [0.25, 0.3) is 0 Å². The van der Waals surface area contributed by atoms with E-state index >= 15 is 0 Å². The minimum absolute atomic E-state index is 1.10. The Hall–Kier alpha value is -0.920. The lowest BCUT2D eigenvalue weighted by atomic mass is 10.3. The molecular weight excluding hydrogens is 136 g/mol. The van der Waals surface area contributed by atoms with E-state index in [9.17, 15) is 0 Å². The molecule has 1 heterocycles. The van der Waals surface area contributed by atoms with Crippen molar-refractivity contribution in [2.75, 3.05) is 20.1 Å². The van der Waals surface area contributed by atoms with Crippen LogP contribution in [0.2, 0.25) is 0 Å². The van der Waals surface area contributed by atoms with Gasteiger partial charge in [0.1, 0.15) is 5.82 Å². The summed E-state index contributed by atoms with van der Waals surface area (Å²) < 4.78 is 0. The molecule has 0 aromatic heterocycles. The molecular formula is C9H16N2. The fourth-order valence-electron chi connectivity index (χ4n) is 1.30. The first-order valence-electron chi connectivity index (χ1n) is 4.05. The first-order valence-corrected chi connectivity index (χ1v) is 4.05. The molecule has 0 amide bonds. The fourth-order valence-corrected chi connectivity index (χ4v) is 1.30. The molecule has 1 aliphatic heterocycles. The van der Waals surface area contributed by atoms with Gasteiger partial charge in [-0.1, -0.05) is 12.7 Å². The third kappa shape index (κ3) is 1.76. The number of allylic oxidation sites excluding steroid dienone is 1. The van der Waals surface area contributed by atoms with Crippen LogP contribution in [0.3, 0.4) is 0 Å². The average molecular weight is 152 g/mol. The van der Waals surface area contributed by atoms with E-state index in [0.717, 1.165) is 18.9 Å². The summed E-state index contributed by atoms with van der Waals surface area (Å²) in [5.41, 5.74) is 0. The molecule has 0 atom stereocenters. The maximum atomic E-state index is 4.00. The van der Waals surface area contributed by atoms with E-state index in [2.05, 4.69) is 29.6 Å². The van der Waals surface area contributed by atoms with E-state index in [1.807, 2.05) is 13.0 Å². The Morgan fingerprint density at radius 3 is 2.82 bits per heavy atom. The number of hydrogen-bond donors (Lipinski definition) is 0. The molecule has 1 aliphatic rings. The van der Waals surface area contributed by atoms with Crippen LogP contribution in [-0.4, -0.2) is 29.9 Å². The standard InChI is InChI=1S/C9H16N2/c1-4-6-11-8-5-7-10(3)9(11)2/h4,6H,2,5,7-8H2,1,3H3/b6-4-. The monoisotopic (exact) mass is 152 g/mol. The van der Waals surface area contributed by atoms with Crippen molar-refractivity contribution >= 4 is 0 Å². The zero-order valence-electron chi connectivity index (χ0n) is 7.38. The summed E-state index contributed by atoms with van der Waals surface area (Å²) in [5.74, 6) is 1.11. The molecule has 11 heavy (non-hydrogen) atoms. The van der Waals surface area contributed by atoms with Gasteiger partial charge in [-0.25, -0.2) is 0 Å². The quantitative estimate of drug-likeness (QED) is 0.563. The lowest BCUT2D eigenvalue weighted by molar-refractivity contribution is 0.232. The molecule has 0 N–H and O–H groups in total. The van der Waals surface area contributed by atoms with Gasteiger partial charge in [-0.15, -0.1) is 0 Å². The molecule has 0 radical (unpaired) electrons. The summed E-state index contributed by atoms with van der Waals surface area (Å²) >= 11 is 0. The second kappa shape index (κ2) is 3.46. The third-order valence-electron chi connectivity index (χ3n) is 1.99. The van der Waals surface area contributed by atoms with Crippen molar-refractivity contribution in [2.24, 2.45) is 0 Å². The SMILES string of the molecule is C=C1N(C)CCCN1/C=C\C. The Morgan fingerprint density at radius 2 is 2.18 bits per heavy atom. The smallest absolute Gasteiger partial charge is 0.100 e. The van der Waals surface area contributed by atoms with E-state index < -0.39 is 0 Å². The lowest BCUT2D eigenvalue weighted by Gasteiger charge is -2.35. The van der Waals surface area contributed by atoms with Gasteiger partial charge < -0.3 is 9.80 Å². The predicted molar refractivity (Wildman–Crippen MR) is 47.9 cm³/mol. The Bertz CT molecular complexity index is 172. The highest BCUT2D eigenvalue weighted by atomic mass is 15.3. The number of rotatable bonds is 1. The first-order chi connectivity index (χ1) is 5.25. The van der Waals surface area contributed by atoms with Gasteiger partial charge in [0.25, 0.3) is 0 Å². The summed E-state index contributed by atoms with van der Waals surface area (Å²) in [7, 11) is 2.08. The topological polar surface area (TPSA) is 6.48 Å². The molecule has 0 aliphatic carbocycles. The van der Waals surface area contributed by atoms with Gasteiger partial charge in [0.15, 0.2) is 0 Å². The van der Waals surface area contributed by atoms with Crippen LogP contribution >= 0.6 is 0 Å². The van der Waals surface area contributed by atoms with Gasteiger partial charge in [-0.2, -0.15) is 0 Å². The normalized spacial score (nSPS) is 20.0.